The van der Waals surface area contributed by atoms with Crippen molar-refractivity contribution >= 4 is 17.4 Å². The number of carbonyl (C=O) groups is 2. The van der Waals surface area contributed by atoms with E-state index in [1.165, 1.54) is 9.80 Å². The molecule has 2 fully saturated rings. The monoisotopic (exact) mass is 520 g/mol. The number of quaternary nitrogens is 1. The molecule has 1 N–H and O–H groups in total. The first-order chi connectivity index (χ1) is 18.6. The molecule has 2 aromatic rings. The van der Waals surface area contributed by atoms with Crippen molar-refractivity contribution in [2.45, 2.75) is 12.5 Å². The molecule has 2 saturated heterocycles. The zero-order valence-corrected chi connectivity index (χ0v) is 21.3. The van der Waals surface area contributed by atoms with Crippen LogP contribution in [0.2, 0.25) is 0 Å². The largest absolute Gasteiger partial charge is 0.872 e. The van der Waals surface area contributed by atoms with Gasteiger partial charge in [0.1, 0.15) is 38.7 Å². The first-order valence-electron chi connectivity index (χ1n) is 13.0. The second kappa shape index (κ2) is 11.7. The Labute approximate surface area is 221 Å². The van der Waals surface area contributed by atoms with Crippen LogP contribution in [-0.2, 0) is 14.3 Å². The number of nitrogens with one attached hydrogen (secondary N) is 1. The van der Waals surface area contributed by atoms with Gasteiger partial charge in [0.05, 0.1) is 25.8 Å². The fraction of sp³-hybridized carbons (Fsp3) is 0.379. The van der Waals surface area contributed by atoms with E-state index < -0.39 is 23.5 Å². The fourth-order valence-corrected chi connectivity index (χ4v) is 5.13. The van der Waals surface area contributed by atoms with Gasteiger partial charge in [0.2, 0.25) is 5.78 Å². The highest BCUT2D eigenvalue weighted by molar-refractivity contribution is 6.46. The lowest BCUT2D eigenvalue weighted by atomic mass is 9.95. The molecule has 9 heteroatoms. The van der Waals surface area contributed by atoms with Gasteiger partial charge in [-0.15, -0.1) is 0 Å². The maximum absolute atomic E-state index is 13.8. The Morgan fingerprint density at radius 2 is 1.87 bits per heavy atom. The summed E-state index contributed by atoms with van der Waals surface area (Å²) in [5.74, 6) is -0.373. The molecule has 1 atom stereocenters. The van der Waals surface area contributed by atoms with Crippen LogP contribution in [-0.4, -0.2) is 75.8 Å². The predicted octanol–water partition coefficient (Wildman–Crippen LogP) is 0.552. The molecular weight excluding hydrogens is 488 g/mol. The third-order valence-electron chi connectivity index (χ3n) is 7.00. The highest BCUT2D eigenvalue weighted by Gasteiger charge is 2.44. The summed E-state index contributed by atoms with van der Waals surface area (Å²) < 4.78 is 22.3. The van der Waals surface area contributed by atoms with Crippen molar-refractivity contribution in [2.75, 3.05) is 59.2 Å². The molecule has 0 aromatic heterocycles. The minimum atomic E-state index is -0.817. The van der Waals surface area contributed by atoms with Crippen molar-refractivity contribution in [3.05, 3.63) is 71.8 Å². The zero-order valence-electron chi connectivity index (χ0n) is 21.3. The number of likely N-dealkylation sites (tertiary alicyclic amines) is 1. The Balaban J connectivity index is 1.49. The standard InChI is InChI=1S/C29H32N2O7/c1-2-13-36-22-6-3-5-20(18-22)26-25(27(32)21-7-8-23-24(19-21)38-17-16-37-23)28(33)29(34)31(26)10-4-9-30-11-14-35-15-12-30/h2-3,5-8,18-19,26,32H,1,4,9-17H2. The average molecular weight is 521 g/mol. The van der Waals surface area contributed by atoms with E-state index in [0.717, 1.165) is 32.8 Å². The average Bonchev–Trinajstić information content (AvgIpc) is 3.21. The van der Waals surface area contributed by atoms with Gasteiger partial charge in [-0.25, -0.2) is 0 Å². The Morgan fingerprint density at radius 1 is 1.08 bits per heavy atom. The van der Waals surface area contributed by atoms with Crippen LogP contribution >= 0.6 is 0 Å². The molecule has 0 aliphatic carbocycles. The van der Waals surface area contributed by atoms with Crippen molar-refractivity contribution in [3.8, 4) is 17.2 Å². The van der Waals surface area contributed by atoms with Crippen LogP contribution in [0.15, 0.2) is 60.7 Å². The Bertz CT molecular complexity index is 1240. The minimum Gasteiger partial charge on any atom is -0.872 e. The second-order valence-corrected chi connectivity index (χ2v) is 9.47. The Morgan fingerprint density at radius 3 is 2.66 bits per heavy atom. The smallest absolute Gasteiger partial charge is 0.295 e. The summed E-state index contributed by atoms with van der Waals surface area (Å²) in [6.07, 6.45) is 2.33. The van der Waals surface area contributed by atoms with E-state index in [4.69, 9.17) is 18.9 Å². The normalized spacial score (nSPS) is 20.9. The first kappa shape index (κ1) is 25.8. The molecule has 3 aliphatic heterocycles. The van der Waals surface area contributed by atoms with Gasteiger partial charge in [-0.1, -0.05) is 36.6 Å². The van der Waals surface area contributed by atoms with Crippen molar-refractivity contribution in [1.29, 1.82) is 0 Å². The number of morpholine rings is 1. The van der Waals surface area contributed by atoms with Gasteiger partial charge in [0.25, 0.3) is 5.91 Å². The number of nitrogens with zero attached hydrogens (tertiary/aromatic N) is 1. The van der Waals surface area contributed by atoms with Crippen molar-refractivity contribution in [1.82, 2.24) is 4.90 Å². The van der Waals surface area contributed by atoms with Gasteiger partial charge in [-0.05, 0) is 35.4 Å². The molecule has 3 heterocycles. The Hall–Kier alpha value is -3.82. The topological polar surface area (TPSA) is 102 Å². The number of Topliss-reactive ketones (excluding diaryl/α,β-unsaturated/α-hetero) is 1. The van der Waals surface area contributed by atoms with E-state index in [9.17, 15) is 14.7 Å². The lowest BCUT2D eigenvalue weighted by Gasteiger charge is -2.29. The summed E-state index contributed by atoms with van der Waals surface area (Å²) in [4.78, 5) is 29.6. The number of ketones is 1. The molecule has 38 heavy (non-hydrogen) atoms. The summed E-state index contributed by atoms with van der Waals surface area (Å²) in [7, 11) is 0. The van der Waals surface area contributed by atoms with E-state index in [1.54, 1.807) is 42.5 Å². The molecule has 1 amide bonds. The second-order valence-electron chi connectivity index (χ2n) is 9.47. The zero-order chi connectivity index (χ0) is 26.5. The molecule has 0 saturated carbocycles. The van der Waals surface area contributed by atoms with Crippen LogP contribution in [0.5, 0.6) is 17.2 Å². The molecule has 200 valence electrons. The van der Waals surface area contributed by atoms with Gasteiger partial charge in [0, 0.05) is 18.5 Å². The lowest BCUT2D eigenvalue weighted by molar-refractivity contribution is -0.908. The molecule has 5 rings (SSSR count). The summed E-state index contributed by atoms with van der Waals surface area (Å²) in [5, 5.41) is 13.8. The van der Waals surface area contributed by atoms with Crippen LogP contribution in [0.1, 0.15) is 23.6 Å². The van der Waals surface area contributed by atoms with Gasteiger partial charge >= 0.3 is 0 Å². The molecule has 0 radical (unpaired) electrons. The van der Waals surface area contributed by atoms with Gasteiger partial charge in [0.15, 0.2) is 11.5 Å². The summed E-state index contributed by atoms with van der Waals surface area (Å²) in [6, 6.07) is 11.2. The Kier molecular flexibility index (Phi) is 7.95. The number of fused-ring (bicyclic) bond motifs is 1. The number of ether oxygens (including phenoxy) is 4. The van der Waals surface area contributed by atoms with Gasteiger partial charge in [-0.2, -0.15) is 0 Å². The SMILES string of the molecule is C=CCOc1cccc(C2C(=C([O-])c3ccc4c(c3)OCCO4)C(=O)C(=O)N2CCC[NH+]2CCOCC2)c1. The number of amides is 1. The molecular formula is C29H32N2O7. The quantitative estimate of drug-likeness (QED) is 0.223. The first-order valence-corrected chi connectivity index (χ1v) is 13.0. The molecule has 2 aromatic carbocycles. The maximum atomic E-state index is 13.8. The number of hydrogen-bond donors (Lipinski definition) is 1. The number of carbonyl (C=O) groups excluding carboxylic acids is 2. The molecule has 1 unspecified atom stereocenters. The number of hydrogen-bond acceptors (Lipinski definition) is 7. The van der Waals surface area contributed by atoms with Crippen LogP contribution < -0.4 is 24.2 Å². The number of benzene rings is 2. The number of rotatable bonds is 9. The van der Waals surface area contributed by atoms with Gasteiger partial charge < -0.3 is 33.9 Å². The molecule has 9 nitrogen and oxygen atoms in total. The third kappa shape index (κ3) is 5.39. The molecule has 3 aliphatic rings. The van der Waals surface area contributed by atoms with Crippen molar-refractivity contribution < 1.29 is 38.5 Å². The highest BCUT2D eigenvalue weighted by atomic mass is 16.6. The summed E-state index contributed by atoms with van der Waals surface area (Å²) in [6.45, 7) is 9.27. The highest BCUT2D eigenvalue weighted by Crippen LogP contribution is 2.41. The van der Waals surface area contributed by atoms with Crippen LogP contribution in [0, 0.1) is 0 Å². The van der Waals surface area contributed by atoms with E-state index in [1.807, 2.05) is 6.07 Å². The van der Waals surface area contributed by atoms with Crippen molar-refractivity contribution in [3.63, 3.8) is 0 Å². The van der Waals surface area contributed by atoms with Crippen molar-refractivity contribution in [2.24, 2.45) is 0 Å². The van der Waals surface area contributed by atoms with E-state index in [-0.39, 0.29) is 11.1 Å². The van der Waals surface area contributed by atoms with E-state index in [0.29, 0.717) is 55.6 Å². The van der Waals surface area contributed by atoms with Crippen LogP contribution in [0.4, 0.5) is 0 Å². The molecule has 0 bridgehead atoms. The fourth-order valence-electron chi connectivity index (χ4n) is 5.13. The summed E-state index contributed by atoms with van der Waals surface area (Å²) >= 11 is 0. The maximum Gasteiger partial charge on any atom is 0.295 e. The van der Waals surface area contributed by atoms with Gasteiger partial charge in [-0.3, -0.25) is 9.59 Å². The van der Waals surface area contributed by atoms with Crippen LogP contribution in [0.3, 0.4) is 0 Å². The third-order valence-corrected chi connectivity index (χ3v) is 7.00. The predicted molar refractivity (Wildman–Crippen MR) is 137 cm³/mol. The lowest BCUT2D eigenvalue weighted by Crippen LogP contribution is -3.14. The molecule has 0 spiro atoms. The van der Waals surface area contributed by atoms with E-state index >= 15 is 0 Å². The minimum absolute atomic E-state index is 0.0636. The summed E-state index contributed by atoms with van der Waals surface area (Å²) in [5.41, 5.74) is 0.853. The van der Waals surface area contributed by atoms with E-state index in [2.05, 4.69) is 6.58 Å². The van der Waals surface area contributed by atoms with Crippen LogP contribution in [0.25, 0.3) is 5.76 Å².